The van der Waals surface area contributed by atoms with Crippen molar-refractivity contribution in [1.29, 1.82) is 0 Å². The maximum absolute atomic E-state index is 6.35. The normalized spacial score (nSPS) is 10.6. The lowest BCUT2D eigenvalue weighted by Gasteiger charge is -1.98. The van der Waals surface area contributed by atoms with Crippen LogP contribution in [0, 0.1) is 0 Å². The summed E-state index contributed by atoms with van der Waals surface area (Å²) in [6.07, 6.45) is 0.652. The van der Waals surface area contributed by atoms with Gasteiger partial charge in [0, 0.05) is 12.0 Å². The van der Waals surface area contributed by atoms with Crippen LogP contribution in [0.5, 0.6) is 0 Å². The first-order chi connectivity index (χ1) is 9.34. The summed E-state index contributed by atoms with van der Waals surface area (Å²) in [5.41, 5.74) is 2.82. The summed E-state index contributed by atoms with van der Waals surface area (Å²) in [6.45, 7) is 0. The highest BCUT2D eigenvalue weighted by Crippen LogP contribution is 2.31. The van der Waals surface area contributed by atoms with Gasteiger partial charge in [0.2, 0.25) is 0 Å². The molecular formula is C16H12ClNO. The fourth-order valence-electron chi connectivity index (χ4n) is 1.98. The Morgan fingerprint density at radius 1 is 0.895 bits per heavy atom. The van der Waals surface area contributed by atoms with Crippen LogP contribution < -0.4 is 0 Å². The van der Waals surface area contributed by atoms with E-state index >= 15 is 0 Å². The second kappa shape index (κ2) is 5.29. The first-order valence-electron chi connectivity index (χ1n) is 6.08. The summed E-state index contributed by atoms with van der Waals surface area (Å²) in [7, 11) is 0. The Morgan fingerprint density at radius 2 is 1.53 bits per heavy atom. The van der Waals surface area contributed by atoms with Gasteiger partial charge in [-0.3, -0.25) is 0 Å². The molecule has 2 nitrogen and oxygen atoms in total. The van der Waals surface area contributed by atoms with E-state index in [2.05, 4.69) is 5.16 Å². The summed E-state index contributed by atoms with van der Waals surface area (Å²) in [5.74, 6) is 0.701. The molecule has 0 bridgehead atoms. The largest absolute Gasteiger partial charge is 0.359 e. The van der Waals surface area contributed by atoms with Crippen LogP contribution in [0.15, 0.2) is 65.2 Å². The lowest BCUT2D eigenvalue weighted by molar-refractivity contribution is 0.392. The first-order valence-corrected chi connectivity index (χ1v) is 6.46. The molecule has 0 saturated carbocycles. The molecule has 3 aromatic rings. The highest BCUT2D eigenvalue weighted by molar-refractivity contribution is 6.33. The average Bonchev–Trinajstić information content (AvgIpc) is 2.82. The van der Waals surface area contributed by atoms with E-state index in [1.165, 1.54) is 0 Å². The minimum Gasteiger partial charge on any atom is -0.359 e. The number of rotatable bonds is 3. The molecule has 0 aliphatic rings. The van der Waals surface area contributed by atoms with E-state index < -0.39 is 0 Å². The van der Waals surface area contributed by atoms with E-state index in [0.717, 1.165) is 11.1 Å². The number of halogens is 1. The van der Waals surface area contributed by atoms with Crippen LogP contribution in [-0.2, 0) is 6.42 Å². The molecule has 0 amide bonds. The Bertz CT molecular complexity index is 662. The van der Waals surface area contributed by atoms with Gasteiger partial charge in [-0.05, 0) is 5.56 Å². The van der Waals surface area contributed by atoms with Crippen molar-refractivity contribution in [3.8, 4) is 11.3 Å². The molecule has 19 heavy (non-hydrogen) atoms. The Hall–Kier alpha value is -2.06. The summed E-state index contributed by atoms with van der Waals surface area (Å²) < 4.78 is 5.37. The predicted molar refractivity (Wildman–Crippen MR) is 76.2 cm³/mol. The lowest BCUT2D eigenvalue weighted by atomic mass is 10.1. The maximum Gasteiger partial charge on any atom is 0.160 e. The van der Waals surface area contributed by atoms with E-state index in [1.54, 1.807) is 0 Å². The minimum atomic E-state index is 0.593. The van der Waals surface area contributed by atoms with E-state index in [0.29, 0.717) is 22.9 Å². The summed E-state index contributed by atoms with van der Waals surface area (Å²) in [4.78, 5) is 0. The van der Waals surface area contributed by atoms with Gasteiger partial charge in [0.1, 0.15) is 10.7 Å². The van der Waals surface area contributed by atoms with Gasteiger partial charge in [-0.1, -0.05) is 77.4 Å². The second-order valence-corrected chi connectivity index (χ2v) is 4.67. The van der Waals surface area contributed by atoms with Gasteiger partial charge < -0.3 is 4.52 Å². The molecule has 0 spiro atoms. The van der Waals surface area contributed by atoms with Gasteiger partial charge >= 0.3 is 0 Å². The number of aromatic nitrogens is 1. The number of hydrogen-bond donors (Lipinski definition) is 0. The third kappa shape index (κ3) is 2.54. The van der Waals surface area contributed by atoms with Crippen LogP contribution in [0.2, 0.25) is 5.02 Å². The first kappa shape index (κ1) is 12.0. The zero-order chi connectivity index (χ0) is 13.1. The number of nitrogens with zero attached hydrogens (tertiary/aromatic N) is 1. The van der Waals surface area contributed by atoms with Crippen molar-refractivity contribution in [2.24, 2.45) is 0 Å². The van der Waals surface area contributed by atoms with Gasteiger partial charge in [0.05, 0.1) is 0 Å². The zero-order valence-corrected chi connectivity index (χ0v) is 11.0. The molecule has 3 rings (SSSR count). The molecule has 0 saturated heterocycles. The minimum absolute atomic E-state index is 0.593. The van der Waals surface area contributed by atoms with Gasteiger partial charge in [0.25, 0.3) is 0 Å². The van der Waals surface area contributed by atoms with Crippen LogP contribution in [0.1, 0.15) is 11.3 Å². The van der Waals surface area contributed by atoms with Crippen molar-refractivity contribution >= 4 is 11.6 Å². The SMILES string of the molecule is Clc1c(-c2ccccc2)noc1Cc1ccccc1. The monoisotopic (exact) mass is 269 g/mol. The Labute approximate surface area is 116 Å². The van der Waals surface area contributed by atoms with Crippen molar-refractivity contribution in [1.82, 2.24) is 5.16 Å². The van der Waals surface area contributed by atoms with E-state index in [-0.39, 0.29) is 0 Å². The molecule has 1 aromatic heterocycles. The Morgan fingerprint density at radius 3 is 2.21 bits per heavy atom. The summed E-state index contributed by atoms with van der Waals surface area (Å²) in [6, 6.07) is 19.9. The molecule has 0 N–H and O–H groups in total. The van der Waals surface area contributed by atoms with Crippen molar-refractivity contribution in [3.63, 3.8) is 0 Å². The van der Waals surface area contributed by atoms with Gasteiger partial charge in [0.15, 0.2) is 5.76 Å². The molecule has 1 heterocycles. The molecule has 0 aliphatic heterocycles. The lowest BCUT2D eigenvalue weighted by Crippen LogP contribution is -1.85. The molecule has 2 aromatic carbocycles. The van der Waals surface area contributed by atoms with E-state index in [4.69, 9.17) is 16.1 Å². The Kier molecular flexibility index (Phi) is 3.34. The quantitative estimate of drug-likeness (QED) is 0.695. The zero-order valence-electron chi connectivity index (χ0n) is 10.2. The molecule has 0 fully saturated rings. The fraction of sp³-hybridized carbons (Fsp3) is 0.0625. The molecule has 3 heteroatoms. The smallest absolute Gasteiger partial charge is 0.160 e. The third-order valence-electron chi connectivity index (χ3n) is 2.95. The number of hydrogen-bond acceptors (Lipinski definition) is 2. The molecule has 0 radical (unpaired) electrons. The predicted octanol–water partition coefficient (Wildman–Crippen LogP) is 4.59. The molecule has 0 aliphatic carbocycles. The summed E-state index contributed by atoms with van der Waals surface area (Å²) in [5, 5.41) is 4.67. The van der Waals surface area contributed by atoms with Crippen LogP contribution in [0.25, 0.3) is 11.3 Å². The van der Waals surface area contributed by atoms with Crippen molar-refractivity contribution in [3.05, 3.63) is 77.0 Å². The van der Waals surface area contributed by atoms with Gasteiger partial charge in [-0.15, -0.1) is 0 Å². The standard InChI is InChI=1S/C16H12ClNO/c17-15-14(11-12-7-3-1-4-8-12)19-18-16(15)13-9-5-2-6-10-13/h1-10H,11H2. The summed E-state index contributed by atoms with van der Waals surface area (Å²) >= 11 is 6.35. The van der Waals surface area contributed by atoms with Crippen LogP contribution >= 0.6 is 11.6 Å². The second-order valence-electron chi connectivity index (χ2n) is 4.30. The fourth-order valence-corrected chi connectivity index (χ4v) is 2.22. The molecular weight excluding hydrogens is 258 g/mol. The van der Waals surface area contributed by atoms with Crippen LogP contribution in [0.3, 0.4) is 0 Å². The van der Waals surface area contributed by atoms with E-state index in [9.17, 15) is 0 Å². The molecule has 0 unspecified atom stereocenters. The highest BCUT2D eigenvalue weighted by atomic mass is 35.5. The van der Waals surface area contributed by atoms with E-state index in [1.807, 2.05) is 60.7 Å². The number of benzene rings is 2. The topological polar surface area (TPSA) is 26.0 Å². The van der Waals surface area contributed by atoms with Crippen LogP contribution in [0.4, 0.5) is 0 Å². The maximum atomic E-state index is 6.35. The van der Waals surface area contributed by atoms with Crippen molar-refractivity contribution in [2.45, 2.75) is 6.42 Å². The van der Waals surface area contributed by atoms with Gasteiger partial charge in [-0.2, -0.15) is 0 Å². The highest BCUT2D eigenvalue weighted by Gasteiger charge is 2.15. The molecule has 94 valence electrons. The third-order valence-corrected chi connectivity index (χ3v) is 3.34. The van der Waals surface area contributed by atoms with Crippen LogP contribution in [-0.4, -0.2) is 5.16 Å². The van der Waals surface area contributed by atoms with Crippen molar-refractivity contribution in [2.75, 3.05) is 0 Å². The van der Waals surface area contributed by atoms with Crippen molar-refractivity contribution < 1.29 is 4.52 Å². The Balaban J connectivity index is 1.92. The van der Waals surface area contributed by atoms with Gasteiger partial charge in [-0.25, -0.2) is 0 Å². The molecule has 0 atom stereocenters. The average molecular weight is 270 g/mol.